The summed E-state index contributed by atoms with van der Waals surface area (Å²) in [4.78, 5) is 33.9. The van der Waals surface area contributed by atoms with E-state index < -0.39 is 11.6 Å². The van der Waals surface area contributed by atoms with Crippen LogP contribution in [0.2, 0.25) is 0 Å². The van der Waals surface area contributed by atoms with Crippen LogP contribution in [0.15, 0.2) is 72.4 Å². The first kappa shape index (κ1) is 15.6. The van der Waals surface area contributed by atoms with Crippen molar-refractivity contribution in [1.29, 1.82) is 0 Å². The van der Waals surface area contributed by atoms with Crippen LogP contribution in [0.25, 0.3) is 6.08 Å². The highest BCUT2D eigenvalue weighted by molar-refractivity contribution is 6.46. The van der Waals surface area contributed by atoms with Crippen molar-refractivity contribution in [3.05, 3.63) is 77.9 Å². The fraction of sp³-hybridized carbons (Fsp3) is 0.105. The highest BCUT2D eigenvalue weighted by Crippen LogP contribution is 2.12. The van der Waals surface area contributed by atoms with Crippen molar-refractivity contribution in [3.63, 3.8) is 0 Å². The van der Waals surface area contributed by atoms with Crippen LogP contribution in [-0.4, -0.2) is 17.3 Å². The number of allylic oxidation sites excluding steroid dienone is 7. The van der Waals surface area contributed by atoms with E-state index in [1.54, 1.807) is 12.2 Å². The third kappa shape index (κ3) is 4.94. The first-order chi connectivity index (χ1) is 10.6. The minimum atomic E-state index is -0.522. The van der Waals surface area contributed by atoms with Gasteiger partial charge in [0, 0.05) is 6.42 Å². The first-order valence-corrected chi connectivity index (χ1v) is 7.05. The van der Waals surface area contributed by atoms with Crippen LogP contribution in [0.4, 0.5) is 0 Å². The van der Waals surface area contributed by atoms with Gasteiger partial charge < -0.3 is 0 Å². The summed E-state index contributed by atoms with van der Waals surface area (Å²) in [6.07, 6.45) is 11.9. The molecular formula is C19H16O3. The Labute approximate surface area is 129 Å². The fourth-order valence-corrected chi connectivity index (χ4v) is 1.95. The zero-order valence-electron chi connectivity index (χ0n) is 12.1. The van der Waals surface area contributed by atoms with Crippen LogP contribution in [0.3, 0.4) is 0 Å². The second-order valence-electron chi connectivity index (χ2n) is 4.88. The second-order valence-corrected chi connectivity index (χ2v) is 4.88. The van der Waals surface area contributed by atoms with Crippen LogP contribution >= 0.6 is 0 Å². The van der Waals surface area contributed by atoms with Crippen LogP contribution in [0, 0.1) is 0 Å². The summed E-state index contributed by atoms with van der Waals surface area (Å²) in [7, 11) is 0. The van der Waals surface area contributed by atoms with Crippen molar-refractivity contribution in [3.8, 4) is 0 Å². The zero-order valence-corrected chi connectivity index (χ0v) is 12.1. The van der Waals surface area contributed by atoms with Crippen LogP contribution in [0.1, 0.15) is 18.4 Å². The molecule has 0 aromatic heterocycles. The molecule has 3 heteroatoms. The van der Waals surface area contributed by atoms with E-state index in [1.165, 1.54) is 18.2 Å². The predicted octanol–water partition coefficient (Wildman–Crippen LogP) is 3.24. The molecule has 0 bridgehead atoms. The lowest BCUT2D eigenvalue weighted by molar-refractivity contribution is -0.131. The minimum Gasteiger partial charge on any atom is -0.295 e. The van der Waals surface area contributed by atoms with E-state index >= 15 is 0 Å². The summed E-state index contributed by atoms with van der Waals surface area (Å²) >= 11 is 0. The standard InChI is InChI=1S/C19H16O3/c20-17(9-5-4-8-15-6-2-1-3-7-15)12-10-16-11-13-18(21)19(22)14-16/h1-9,11,13-14H,10,12H2/b8-4-,9-5+. The predicted molar refractivity (Wildman–Crippen MR) is 86.1 cm³/mol. The van der Waals surface area contributed by atoms with Gasteiger partial charge in [0.1, 0.15) is 0 Å². The molecule has 0 N–H and O–H groups in total. The van der Waals surface area contributed by atoms with Gasteiger partial charge in [-0.25, -0.2) is 0 Å². The molecule has 22 heavy (non-hydrogen) atoms. The molecule has 2 rings (SSSR count). The first-order valence-electron chi connectivity index (χ1n) is 7.05. The molecule has 0 heterocycles. The molecule has 1 aliphatic carbocycles. The molecule has 1 aromatic carbocycles. The van der Waals surface area contributed by atoms with E-state index in [1.807, 2.05) is 42.5 Å². The van der Waals surface area contributed by atoms with Crippen molar-refractivity contribution in [2.75, 3.05) is 0 Å². The topological polar surface area (TPSA) is 51.2 Å². The minimum absolute atomic E-state index is 0.0173. The maximum absolute atomic E-state index is 11.7. The van der Waals surface area contributed by atoms with Gasteiger partial charge in [0.15, 0.2) is 5.78 Å². The monoisotopic (exact) mass is 292 g/mol. The number of carbonyl (C=O) groups is 3. The molecule has 0 unspecified atom stereocenters. The summed E-state index contributed by atoms with van der Waals surface area (Å²) in [5.74, 6) is -1.05. The lowest BCUT2D eigenvalue weighted by Crippen LogP contribution is -2.11. The maximum atomic E-state index is 11.7. The molecule has 3 nitrogen and oxygen atoms in total. The van der Waals surface area contributed by atoms with E-state index in [0.717, 1.165) is 5.56 Å². The number of rotatable bonds is 6. The molecule has 0 radical (unpaired) electrons. The third-order valence-electron chi connectivity index (χ3n) is 3.15. The summed E-state index contributed by atoms with van der Waals surface area (Å²) < 4.78 is 0. The molecule has 0 amide bonds. The Kier molecular flexibility index (Phi) is 5.55. The molecule has 110 valence electrons. The number of hydrogen-bond acceptors (Lipinski definition) is 3. The van der Waals surface area contributed by atoms with Gasteiger partial charge in [-0.2, -0.15) is 0 Å². The van der Waals surface area contributed by atoms with Crippen molar-refractivity contribution >= 4 is 23.4 Å². The average molecular weight is 292 g/mol. The van der Waals surface area contributed by atoms with Gasteiger partial charge >= 0.3 is 0 Å². The molecule has 0 atom stereocenters. The molecule has 0 saturated heterocycles. The van der Waals surface area contributed by atoms with Crippen LogP contribution in [0.5, 0.6) is 0 Å². The lowest BCUT2D eigenvalue weighted by Gasteiger charge is -2.03. The van der Waals surface area contributed by atoms with E-state index in [9.17, 15) is 14.4 Å². The number of ketones is 3. The largest absolute Gasteiger partial charge is 0.295 e. The summed E-state index contributed by atoms with van der Waals surface area (Å²) in [5, 5.41) is 0. The van der Waals surface area contributed by atoms with Gasteiger partial charge in [-0.05, 0) is 35.8 Å². The molecule has 1 aliphatic rings. The number of hydrogen-bond donors (Lipinski definition) is 0. The Morgan fingerprint density at radius 1 is 0.955 bits per heavy atom. The summed E-state index contributed by atoms with van der Waals surface area (Å²) in [5.41, 5.74) is 1.78. The van der Waals surface area contributed by atoms with Crippen molar-refractivity contribution in [2.24, 2.45) is 0 Å². The van der Waals surface area contributed by atoms with E-state index in [-0.39, 0.29) is 5.78 Å². The average Bonchev–Trinajstić information content (AvgIpc) is 2.54. The summed E-state index contributed by atoms with van der Waals surface area (Å²) in [6, 6.07) is 9.81. The Bertz CT molecular complexity index is 689. The summed E-state index contributed by atoms with van der Waals surface area (Å²) in [6.45, 7) is 0. The lowest BCUT2D eigenvalue weighted by atomic mass is 10.00. The Balaban J connectivity index is 1.79. The highest BCUT2D eigenvalue weighted by atomic mass is 16.2. The molecule has 1 aromatic rings. The molecule has 0 aliphatic heterocycles. The number of carbonyl (C=O) groups excluding carboxylic acids is 3. The van der Waals surface area contributed by atoms with Crippen molar-refractivity contribution in [1.82, 2.24) is 0 Å². The van der Waals surface area contributed by atoms with E-state index in [0.29, 0.717) is 18.4 Å². The Hall–Kier alpha value is -2.81. The Morgan fingerprint density at radius 2 is 1.73 bits per heavy atom. The fourth-order valence-electron chi connectivity index (χ4n) is 1.95. The van der Waals surface area contributed by atoms with Crippen molar-refractivity contribution < 1.29 is 14.4 Å². The van der Waals surface area contributed by atoms with Gasteiger partial charge in [-0.15, -0.1) is 0 Å². The van der Waals surface area contributed by atoms with Crippen LogP contribution in [-0.2, 0) is 14.4 Å². The quantitative estimate of drug-likeness (QED) is 0.350. The number of benzene rings is 1. The van der Waals surface area contributed by atoms with Gasteiger partial charge in [0.05, 0.1) is 0 Å². The molecule has 0 spiro atoms. The van der Waals surface area contributed by atoms with Gasteiger partial charge in [-0.1, -0.05) is 54.6 Å². The van der Waals surface area contributed by atoms with Crippen molar-refractivity contribution in [2.45, 2.75) is 12.8 Å². The zero-order chi connectivity index (χ0) is 15.8. The SMILES string of the molecule is O=C(/C=C/C=C\c1ccccc1)CCC1=CC(=O)C(=O)C=C1. The van der Waals surface area contributed by atoms with E-state index in [4.69, 9.17) is 0 Å². The van der Waals surface area contributed by atoms with E-state index in [2.05, 4.69) is 0 Å². The molecule has 0 fully saturated rings. The second kappa shape index (κ2) is 7.84. The van der Waals surface area contributed by atoms with Crippen LogP contribution < -0.4 is 0 Å². The van der Waals surface area contributed by atoms with Gasteiger partial charge in [0.2, 0.25) is 11.6 Å². The van der Waals surface area contributed by atoms with Gasteiger partial charge in [0.25, 0.3) is 0 Å². The highest BCUT2D eigenvalue weighted by Gasteiger charge is 2.13. The normalized spacial score (nSPS) is 14.8. The third-order valence-corrected chi connectivity index (χ3v) is 3.15. The Morgan fingerprint density at radius 3 is 2.45 bits per heavy atom. The molecular weight excluding hydrogens is 276 g/mol. The smallest absolute Gasteiger partial charge is 0.225 e. The van der Waals surface area contributed by atoms with Gasteiger partial charge in [-0.3, -0.25) is 14.4 Å². The maximum Gasteiger partial charge on any atom is 0.225 e. The molecule has 0 saturated carbocycles.